The quantitative estimate of drug-likeness (QED) is 0.334. The predicted octanol–water partition coefficient (Wildman–Crippen LogP) is 4.93. The van der Waals surface area contributed by atoms with Gasteiger partial charge < -0.3 is 5.11 Å². The van der Waals surface area contributed by atoms with Crippen LogP contribution in [0.25, 0.3) is 33.4 Å². The van der Waals surface area contributed by atoms with Crippen LogP contribution in [0, 0.1) is 0 Å². The Kier molecular flexibility index (Phi) is 6.04. The first-order valence-corrected chi connectivity index (χ1v) is 13.0. The van der Waals surface area contributed by atoms with Crippen molar-refractivity contribution in [2.45, 2.75) is 31.8 Å². The Morgan fingerprint density at radius 3 is 2.13 bits per heavy atom. The number of unbranched alkanes of at least 4 members (excludes halogenated alkanes) is 1. The lowest BCUT2D eigenvalue weighted by molar-refractivity contribution is 0.225. The maximum Gasteiger partial charge on any atom is 0.332 e. The normalized spacial score (nSPS) is 14.0. The Balaban J connectivity index is 1.42. The lowest BCUT2D eigenvalue weighted by Crippen LogP contribution is -2.37. The van der Waals surface area contributed by atoms with Gasteiger partial charge in [0.25, 0.3) is 5.56 Å². The molecular formula is C32H29N3O3. The van der Waals surface area contributed by atoms with E-state index in [0.29, 0.717) is 27.9 Å². The van der Waals surface area contributed by atoms with E-state index in [1.807, 2.05) is 42.5 Å². The average molecular weight is 504 g/mol. The molecule has 0 radical (unpaired) electrons. The zero-order valence-electron chi connectivity index (χ0n) is 21.5. The molecule has 6 nitrogen and oxygen atoms in total. The first-order chi connectivity index (χ1) is 18.5. The molecule has 1 aliphatic rings. The van der Waals surface area contributed by atoms with E-state index in [1.54, 1.807) is 7.05 Å². The van der Waals surface area contributed by atoms with Crippen LogP contribution in [-0.2, 0) is 26.9 Å². The monoisotopic (exact) mass is 503 g/mol. The van der Waals surface area contributed by atoms with Crippen LogP contribution in [-0.4, -0.2) is 19.2 Å². The van der Waals surface area contributed by atoms with Gasteiger partial charge in [0.2, 0.25) is 0 Å². The molecule has 0 spiro atoms. The van der Waals surface area contributed by atoms with Crippen LogP contribution in [0.15, 0.2) is 88.5 Å². The van der Waals surface area contributed by atoms with Gasteiger partial charge >= 0.3 is 5.69 Å². The summed E-state index contributed by atoms with van der Waals surface area (Å²) in [5.41, 5.74) is 6.32. The number of benzene rings is 3. The second-order valence-corrected chi connectivity index (χ2v) is 10.0. The van der Waals surface area contributed by atoms with Gasteiger partial charge in [-0.25, -0.2) is 9.78 Å². The summed E-state index contributed by atoms with van der Waals surface area (Å²) in [5, 5.41) is 11.7. The number of aromatic nitrogens is 3. The fraction of sp³-hybridized carbons (Fsp3) is 0.219. The number of aliphatic hydroxyl groups excluding tert-OH is 1. The lowest BCUT2D eigenvalue weighted by Gasteiger charge is -2.17. The standard InChI is InChI=1S/C32H29N3O3/c1-34-30-27(31(37)35(2)32(34)38)25(26-28(33-30)23-14-8-9-15-24(23)29(26)36)22-18-16-21(17-19-22)13-7-6-12-20-10-4-3-5-11-20/h3-5,8-11,14-19,29,36H,6-7,12-13H2,1-2H3/t29-/m1/s1. The van der Waals surface area contributed by atoms with Gasteiger partial charge in [-0.2, -0.15) is 0 Å². The van der Waals surface area contributed by atoms with Gasteiger partial charge in [0.05, 0.1) is 11.1 Å². The van der Waals surface area contributed by atoms with Crippen LogP contribution in [0.1, 0.15) is 41.2 Å². The van der Waals surface area contributed by atoms with E-state index in [4.69, 9.17) is 4.98 Å². The van der Waals surface area contributed by atoms with E-state index < -0.39 is 17.4 Å². The summed E-state index contributed by atoms with van der Waals surface area (Å²) in [7, 11) is 3.11. The van der Waals surface area contributed by atoms with E-state index in [1.165, 1.54) is 22.7 Å². The van der Waals surface area contributed by atoms with Crippen LogP contribution in [0.2, 0.25) is 0 Å². The third kappa shape index (κ3) is 3.89. The van der Waals surface area contributed by atoms with Crippen molar-refractivity contribution in [3.05, 3.63) is 122 Å². The van der Waals surface area contributed by atoms with Crippen molar-refractivity contribution in [3.63, 3.8) is 0 Å². The number of aryl methyl sites for hydroxylation is 3. The van der Waals surface area contributed by atoms with Gasteiger partial charge in [0.15, 0.2) is 5.65 Å². The zero-order chi connectivity index (χ0) is 26.4. The highest BCUT2D eigenvalue weighted by Crippen LogP contribution is 2.48. The molecule has 1 aliphatic carbocycles. The Morgan fingerprint density at radius 2 is 1.42 bits per heavy atom. The molecule has 0 aliphatic heterocycles. The van der Waals surface area contributed by atoms with Crippen molar-refractivity contribution in [2.24, 2.45) is 14.1 Å². The third-order valence-electron chi connectivity index (χ3n) is 7.68. The minimum atomic E-state index is -0.910. The molecule has 0 amide bonds. The molecule has 0 fully saturated rings. The molecule has 2 aromatic heterocycles. The van der Waals surface area contributed by atoms with Gasteiger partial charge in [-0.1, -0.05) is 78.9 Å². The average Bonchev–Trinajstić information content (AvgIpc) is 3.24. The first kappa shape index (κ1) is 24.1. The number of hydrogen-bond donors (Lipinski definition) is 1. The van der Waals surface area contributed by atoms with Crippen molar-refractivity contribution >= 4 is 11.0 Å². The van der Waals surface area contributed by atoms with E-state index >= 15 is 0 Å². The van der Waals surface area contributed by atoms with Crippen molar-refractivity contribution in [1.29, 1.82) is 0 Å². The van der Waals surface area contributed by atoms with Gasteiger partial charge in [-0.15, -0.1) is 0 Å². The SMILES string of the molecule is Cn1c(=O)c2c(-c3ccc(CCCCc4ccccc4)cc3)c3c(nc2n(C)c1=O)-c1ccccc1[C@H]3O. The second kappa shape index (κ2) is 9.54. The van der Waals surface area contributed by atoms with Gasteiger partial charge in [-0.3, -0.25) is 13.9 Å². The molecule has 0 bridgehead atoms. The van der Waals surface area contributed by atoms with Crippen molar-refractivity contribution in [3.8, 4) is 22.4 Å². The smallest absolute Gasteiger partial charge is 0.332 e. The molecule has 3 aromatic carbocycles. The maximum atomic E-state index is 13.5. The molecule has 0 saturated heterocycles. The fourth-order valence-electron chi connectivity index (χ4n) is 5.62. The lowest BCUT2D eigenvalue weighted by atomic mass is 9.93. The van der Waals surface area contributed by atoms with Gasteiger partial charge in [0.1, 0.15) is 6.10 Å². The first-order valence-electron chi connectivity index (χ1n) is 13.0. The fourth-order valence-corrected chi connectivity index (χ4v) is 5.62. The second-order valence-electron chi connectivity index (χ2n) is 10.0. The molecule has 5 aromatic rings. The highest BCUT2D eigenvalue weighted by atomic mass is 16.3. The summed E-state index contributed by atoms with van der Waals surface area (Å²) in [4.78, 5) is 31.0. The molecule has 2 heterocycles. The number of aliphatic hydroxyl groups is 1. The van der Waals surface area contributed by atoms with E-state index in [0.717, 1.165) is 46.9 Å². The van der Waals surface area contributed by atoms with Crippen LogP contribution >= 0.6 is 0 Å². The minimum Gasteiger partial charge on any atom is -0.384 e. The number of hydrogen-bond acceptors (Lipinski definition) is 4. The number of fused-ring (bicyclic) bond motifs is 4. The Hall–Kier alpha value is -4.29. The highest BCUT2D eigenvalue weighted by molar-refractivity contribution is 5.99. The molecule has 1 atom stereocenters. The predicted molar refractivity (Wildman–Crippen MR) is 150 cm³/mol. The van der Waals surface area contributed by atoms with Gasteiger partial charge in [-0.05, 0) is 47.9 Å². The topological polar surface area (TPSA) is 77.1 Å². The highest BCUT2D eigenvalue weighted by Gasteiger charge is 2.34. The zero-order valence-corrected chi connectivity index (χ0v) is 21.5. The third-order valence-corrected chi connectivity index (χ3v) is 7.68. The van der Waals surface area contributed by atoms with Gasteiger partial charge in [0, 0.05) is 30.8 Å². The van der Waals surface area contributed by atoms with E-state index in [9.17, 15) is 14.7 Å². The summed E-state index contributed by atoms with van der Waals surface area (Å²) in [6.07, 6.45) is 3.32. The number of pyridine rings is 1. The molecular weight excluding hydrogens is 474 g/mol. The van der Waals surface area contributed by atoms with Crippen LogP contribution in [0.4, 0.5) is 0 Å². The Bertz CT molecular complexity index is 1780. The molecule has 1 N–H and O–H groups in total. The summed E-state index contributed by atoms with van der Waals surface area (Å²) < 4.78 is 2.52. The Morgan fingerprint density at radius 1 is 0.789 bits per heavy atom. The Labute approximate surface area is 220 Å². The maximum absolute atomic E-state index is 13.5. The van der Waals surface area contributed by atoms with Crippen molar-refractivity contribution in [2.75, 3.05) is 0 Å². The molecule has 6 heteroatoms. The number of nitrogens with zero attached hydrogens (tertiary/aromatic N) is 3. The van der Waals surface area contributed by atoms with Crippen molar-refractivity contribution in [1.82, 2.24) is 14.1 Å². The number of rotatable bonds is 6. The van der Waals surface area contributed by atoms with E-state index in [-0.39, 0.29) is 0 Å². The van der Waals surface area contributed by atoms with Crippen LogP contribution < -0.4 is 11.2 Å². The van der Waals surface area contributed by atoms with Crippen molar-refractivity contribution < 1.29 is 5.11 Å². The molecule has 0 saturated carbocycles. The molecule has 190 valence electrons. The molecule has 0 unspecified atom stereocenters. The molecule has 38 heavy (non-hydrogen) atoms. The van der Waals surface area contributed by atoms with E-state index in [2.05, 4.69) is 36.4 Å². The summed E-state index contributed by atoms with van der Waals surface area (Å²) in [5.74, 6) is 0. The minimum absolute atomic E-state index is 0.320. The summed E-state index contributed by atoms with van der Waals surface area (Å²) in [6.45, 7) is 0. The van der Waals surface area contributed by atoms with Crippen LogP contribution in [0.3, 0.4) is 0 Å². The largest absolute Gasteiger partial charge is 0.384 e. The summed E-state index contributed by atoms with van der Waals surface area (Å²) in [6, 6.07) is 26.3. The van der Waals surface area contributed by atoms with Crippen LogP contribution in [0.5, 0.6) is 0 Å². The summed E-state index contributed by atoms with van der Waals surface area (Å²) >= 11 is 0. The molecule has 6 rings (SSSR count).